The van der Waals surface area contributed by atoms with Gasteiger partial charge in [-0.15, -0.1) is 0 Å². The smallest absolute Gasteiger partial charge is 0.408 e. The molecule has 5 N–H and O–H groups in total. The lowest BCUT2D eigenvalue weighted by atomic mass is 9.81. The number of ether oxygens (including phenoxy) is 1. The van der Waals surface area contributed by atoms with E-state index in [-0.39, 0.29) is 30.6 Å². The summed E-state index contributed by atoms with van der Waals surface area (Å²) < 4.78 is 5.37. The lowest BCUT2D eigenvalue weighted by Crippen LogP contribution is -2.61. The minimum Gasteiger partial charge on any atom is -0.444 e. The van der Waals surface area contributed by atoms with E-state index in [1.54, 1.807) is 41.5 Å². The van der Waals surface area contributed by atoms with E-state index in [0.717, 1.165) is 64.2 Å². The number of likely N-dealkylation sites (tertiary alicyclic amines) is 1. The first-order chi connectivity index (χ1) is 20.5. The van der Waals surface area contributed by atoms with Crippen molar-refractivity contribution in [1.82, 2.24) is 20.9 Å². The van der Waals surface area contributed by atoms with Gasteiger partial charge in [0.1, 0.15) is 29.8 Å². The molecule has 0 aromatic heterocycles. The average molecular weight is 620 g/mol. The quantitative estimate of drug-likeness (QED) is 0.307. The maximum atomic E-state index is 13.9. The number of ketones is 1. The van der Waals surface area contributed by atoms with Gasteiger partial charge in [-0.3, -0.25) is 24.0 Å². The zero-order valence-corrected chi connectivity index (χ0v) is 27.3. The van der Waals surface area contributed by atoms with E-state index in [1.165, 1.54) is 4.90 Å². The molecule has 2 aliphatic carbocycles. The highest BCUT2D eigenvalue weighted by molar-refractivity contribution is 6.02. The fourth-order valence-corrected chi connectivity index (χ4v) is 6.64. The van der Waals surface area contributed by atoms with E-state index in [2.05, 4.69) is 16.0 Å². The summed E-state index contributed by atoms with van der Waals surface area (Å²) in [6.07, 6.45) is 7.89. The van der Waals surface area contributed by atoms with Crippen molar-refractivity contribution in [3.05, 3.63) is 0 Å². The molecular weight excluding hydrogens is 566 g/mol. The Morgan fingerprint density at radius 3 is 1.80 bits per heavy atom. The number of hydrogen-bond acceptors (Lipinski definition) is 7. The zero-order valence-electron chi connectivity index (χ0n) is 27.3. The standard InChI is InChI=1S/C32H53N5O7/c1-31(2,3)25(36-30(43)44-32(4,5)6)29(42)37-18-21(38)17-22(37)27(40)35-24(20-15-11-8-12-16-20)28(41)34-23(26(33)39)19-13-9-7-10-14-19/h19-20,22-25H,7-18H2,1-6H3,(H2,33,39)(H,34,41)(H,35,40)(H,36,43)/t22-,23-,24-,25+/m0/s1. The zero-order chi connectivity index (χ0) is 32.8. The molecule has 0 aromatic rings. The number of alkyl carbamates (subject to hydrolysis) is 1. The Hall–Kier alpha value is -3.18. The third-order valence-electron chi connectivity index (χ3n) is 8.93. The van der Waals surface area contributed by atoms with E-state index < -0.39 is 64.9 Å². The summed E-state index contributed by atoms with van der Waals surface area (Å²) in [5, 5.41) is 8.37. The summed E-state index contributed by atoms with van der Waals surface area (Å²) >= 11 is 0. The van der Waals surface area contributed by atoms with Crippen LogP contribution in [0, 0.1) is 17.3 Å². The Kier molecular flexibility index (Phi) is 11.8. The van der Waals surface area contributed by atoms with Crippen molar-refractivity contribution in [2.45, 2.75) is 142 Å². The highest BCUT2D eigenvalue weighted by atomic mass is 16.6. The largest absolute Gasteiger partial charge is 0.444 e. The molecule has 12 heteroatoms. The highest BCUT2D eigenvalue weighted by Crippen LogP contribution is 2.30. The topological polar surface area (TPSA) is 177 Å². The summed E-state index contributed by atoms with van der Waals surface area (Å²) in [5.41, 5.74) is 4.17. The number of nitrogens with one attached hydrogen (secondary N) is 3. The van der Waals surface area contributed by atoms with Gasteiger partial charge in [0.2, 0.25) is 23.6 Å². The van der Waals surface area contributed by atoms with Crippen LogP contribution in [0.2, 0.25) is 0 Å². The van der Waals surface area contributed by atoms with Gasteiger partial charge in [0.05, 0.1) is 6.54 Å². The molecule has 1 aliphatic heterocycles. The minimum atomic E-state index is -1.15. The fraction of sp³-hybridized carbons (Fsp3) is 0.812. The Bertz CT molecular complexity index is 1080. The molecule has 1 heterocycles. The maximum Gasteiger partial charge on any atom is 0.408 e. The molecule has 3 aliphatic rings. The molecule has 248 valence electrons. The van der Waals surface area contributed by atoms with Crippen molar-refractivity contribution in [3.63, 3.8) is 0 Å². The molecule has 2 saturated carbocycles. The van der Waals surface area contributed by atoms with Crippen LogP contribution in [-0.4, -0.2) is 76.7 Å². The molecule has 0 radical (unpaired) electrons. The van der Waals surface area contributed by atoms with Crippen molar-refractivity contribution in [1.29, 1.82) is 0 Å². The number of nitrogens with zero attached hydrogens (tertiary/aromatic N) is 1. The molecule has 44 heavy (non-hydrogen) atoms. The lowest BCUT2D eigenvalue weighted by Gasteiger charge is -2.36. The molecule has 1 saturated heterocycles. The molecule has 5 amide bonds. The highest BCUT2D eigenvalue weighted by Gasteiger charge is 2.46. The number of Topliss-reactive ketones (excluding diaryl/α,β-unsaturated/α-hetero) is 1. The predicted molar refractivity (Wildman–Crippen MR) is 164 cm³/mol. The van der Waals surface area contributed by atoms with E-state index in [1.807, 2.05) is 0 Å². The van der Waals surface area contributed by atoms with E-state index in [4.69, 9.17) is 10.5 Å². The van der Waals surface area contributed by atoms with Gasteiger partial charge in [-0.25, -0.2) is 4.79 Å². The number of primary amides is 1. The third-order valence-corrected chi connectivity index (χ3v) is 8.93. The number of rotatable bonds is 9. The second-order valence-corrected chi connectivity index (χ2v) is 14.8. The van der Waals surface area contributed by atoms with E-state index >= 15 is 0 Å². The van der Waals surface area contributed by atoms with Crippen molar-refractivity contribution < 1.29 is 33.5 Å². The minimum absolute atomic E-state index is 0.0553. The lowest BCUT2D eigenvalue weighted by molar-refractivity contribution is -0.143. The first kappa shape index (κ1) is 35.3. The number of carbonyl (C=O) groups excluding carboxylic acids is 6. The van der Waals surface area contributed by atoms with Crippen LogP contribution in [0.25, 0.3) is 0 Å². The molecule has 12 nitrogen and oxygen atoms in total. The molecule has 4 atom stereocenters. The van der Waals surface area contributed by atoms with Crippen molar-refractivity contribution in [2.24, 2.45) is 23.0 Å². The molecule has 3 rings (SSSR count). The third kappa shape index (κ3) is 9.66. The molecule has 3 fully saturated rings. The van der Waals surface area contributed by atoms with Crippen LogP contribution in [0.5, 0.6) is 0 Å². The average Bonchev–Trinajstić information content (AvgIpc) is 3.33. The Morgan fingerprint density at radius 2 is 1.32 bits per heavy atom. The van der Waals surface area contributed by atoms with Crippen LogP contribution >= 0.6 is 0 Å². The van der Waals surface area contributed by atoms with Gasteiger partial charge in [0.15, 0.2) is 5.78 Å². The van der Waals surface area contributed by atoms with Gasteiger partial charge in [0, 0.05) is 6.42 Å². The van der Waals surface area contributed by atoms with E-state index in [9.17, 15) is 28.8 Å². The molecular formula is C32H53N5O7. The van der Waals surface area contributed by atoms with Crippen molar-refractivity contribution in [3.8, 4) is 0 Å². The molecule has 0 unspecified atom stereocenters. The van der Waals surface area contributed by atoms with Crippen LogP contribution in [-0.2, 0) is 28.7 Å². The van der Waals surface area contributed by atoms with Crippen LogP contribution in [0.4, 0.5) is 4.79 Å². The number of nitrogens with two attached hydrogens (primary N) is 1. The van der Waals surface area contributed by atoms with Gasteiger partial charge in [0.25, 0.3) is 0 Å². The summed E-state index contributed by atoms with van der Waals surface area (Å²) in [6.45, 7) is 10.1. The van der Waals surface area contributed by atoms with Crippen LogP contribution < -0.4 is 21.7 Å². The first-order valence-electron chi connectivity index (χ1n) is 16.2. The molecule has 0 spiro atoms. The summed E-state index contributed by atoms with van der Waals surface area (Å²) in [5.74, 6) is -2.78. The Morgan fingerprint density at radius 1 is 0.795 bits per heavy atom. The van der Waals surface area contributed by atoms with Gasteiger partial charge < -0.3 is 31.3 Å². The first-order valence-corrected chi connectivity index (χ1v) is 16.2. The van der Waals surface area contributed by atoms with Crippen LogP contribution in [0.3, 0.4) is 0 Å². The van der Waals surface area contributed by atoms with Crippen molar-refractivity contribution in [2.75, 3.05) is 6.54 Å². The number of hydrogen-bond donors (Lipinski definition) is 4. The summed E-state index contributed by atoms with van der Waals surface area (Å²) in [4.78, 5) is 80.3. The Balaban J connectivity index is 1.82. The van der Waals surface area contributed by atoms with Gasteiger partial charge in [-0.2, -0.15) is 0 Å². The SMILES string of the molecule is CC(C)(C)OC(=O)N[C@H](C(=O)N1CC(=O)C[C@H]1C(=O)N[C@H](C(=O)N[C@H](C(N)=O)C1CCCCC1)C1CCCCC1)C(C)(C)C. The predicted octanol–water partition coefficient (Wildman–Crippen LogP) is 2.71. The maximum absolute atomic E-state index is 13.9. The number of carbonyl (C=O) groups is 6. The van der Waals surface area contributed by atoms with Crippen LogP contribution in [0.15, 0.2) is 0 Å². The molecule has 0 aromatic carbocycles. The summed E-state index contributed by atoms with van der Waals surface area (Å²) in [6, 6.07) is -4.00. The van der Waals surface area contributed by atoms with E-state index in [0.29, 0.717) is 0 Å². The van der Waals surface area contributed by atoms with Gasteiger partial charge in [-0.1, -0.05) is 59.3 Å². The second-order valence-electron chi connectivity index (χ2n) is 14.8. The molecule has 0 bridgehead atoms. The Labute approximate surface area is 261 Å². The van der Waals surface area contributed by atoms with Crippen molar-refractivity contribution >= 4 is 35.5 Å². The number of amides is 5. The van der Waals surface area contributed by atoms with Gasteiger partial charge in [-0.05, 0) is 63.7 Å². The normalized spacial score (nSPS) is 22.5. The fourth-order valence-electron chi connectivity index (χ4n) is 6.64. The summed E-state index contributed by atoms with van der Waals surface area (Å²) in [7, 11) is 0. The second kappa shape index (κ2) is 14.7. The monoisotopic (exact) mass is 619 g/mol. The van der Waals surface area contributed by atoms with Crippen LogP contribution in [0.1, 0.15) is 112 Å². The van der Waals surface area contributed by atoms with Gasteiger partial charge >= 0.3 is 6.09 Å².